The first-order valence-corrected chi connectivity index (χ1v) is 7.99. The first kappa shape index (κ1) is 14.8. The van der Waals surface area contributed by atoms with E-state index in [2.05, 4.69) is 0 Å². The summed E-state index contributed by atoms with van der Waals surface area (Å²) < 4.78 is 11.2. The third kappa shape index (κ3) is 3.69. The van der Waals surface area contributed by atoms with Crippen LogP contribution >= 0.6 is 23.2 Å². The van der Waals surface area contributed by atoms with E-state index in [0.29, 0.717) is 40.2 Å². The quantitative estimate of drug-likeness (QED) is 0.900. The fourth-order valence-corrected chi connectivity index (χ4v) is 3.50. The van der Waals surface area contributed by atoms with Gasteiger partial charge in [-0.1, -0.05) is 23.2 Å². The maximum Gasteiger partial charge on any atom is 0.256 e. The van der Waals surface area contributed by atoms with Crippen LogP contribution in [0.4, 0.5) is 0 Å². The van der Waals surface area contributed by atoms with Gasteiger partial charge in [0.05, 0.1) is 0 Å². The monoisotopic (exact) mass is 321 g/mol. The Morgan fingerprint density at radius 3 is 2.26 bits per heavy atom. The van der Waals surface area contributed by atoms with Gasteiger partial charge in [-0.2, -0.15) is 0 Å². The third-order valence-electron chi connectivity index (χ3n) is 2.92. The summed E-state index contributed by atoms with van der Waals surface area (Å²) in [7, 11) is -0.860. The van der Waals surface area contributed by atoms with Gasteiger partial charge < -0.3 is 10.0 Å². The van der Waals surface area contributed by atoms with Crippen molar-refractivity contribution in [2.24, 2.45) is 0 Å². The summed E-state index contributed by atoms with van der Waals surface area (Å²) in [5.74, 6) is 0.499. The van der Waals surface area contributed by atoms with Crippen LogP contribution in [0.3, 0.4) is 0 Å². The molecule has 0 aliphatic carbocycles. The Morgan fingerprint density at radius 1 is 1.21 bits per heavy atom. The van der Waals surface area contributed by atoms with Gasteiger partial charge in [-0.15, -0.1) is 0 Å². The fourth-order valence-electron chi connectivity index (χ4n) is 1.91. The van der Waals surface area contributed by atoms with E-state index < -0.39 is 22.8 Å². The molecule has 0 bridgehead atoms. The van der Waals surface area contributed by atoms with Crippen molar-refractivity contribution < 1.29 is 14.1 Å². The molecule has 19 heavy (non-hydrogen) atoms. The molecule has 0 radical (unpaired) electrons. The number of amides is 1. The Bertz CT molecular complexity index is 493. The summed E-state index contributed by atoms with van der Waals surface area (Å²) in [6.07, 6.45) is -1.29. The summed E-state index contributed by atoms with van der Waals surface area (Å²) in [4.78, 5) is 13.6. The van der Waals surface area contributed by atoms with Crippen LogP contribution in [0.5, 0.6) is 0 Å². The second-order valence-electron chi connectivity index (χ2n) is 4.28. The topological polar surface area (TPSA) is 57.6 Å². The van der Waals surface area contributed by atoms with Gasteiger partial charge in [-0.25, -0.2) is 0 Å². The number of nitrogens with zero attached hydrogens (tertiary/aromatic N) is 1. The predicted octanol–water partition coefficient (Wildman–Crippen LogP) is 1.62. The van der Waals surface area contributed by atoms with Crippen LogP contribution < -0.4 is 0 Å². The minimum Gasteiger partial charge on any atom is -0.378 e. The number of rotatable bonds is 2. The summed E-state index contributed by atoms with van der Waals surface area (Å²) in [6, 6.07) is 4.56. The Morgan fingerprint density at radius 2 is 1.74 bits per heavy atom. The van der Waals surface area contributed by atoms with Crippen LogP contribution in [0.1, 0.15) is 11.7 Å². The lowest BCUT2D eigenvalue weighted by molar-refractivity contribution is -0.140. The van der Waals surface area contributed by atoms with E-state index in [1.54, 1.807) is 0 Å². The van der Waals surface area contributed by atoms with E-state index in [0.717, 1.165) is 0 Å². The van der Waals surface area contributed by atoms with Gasteiger partial charge in [0.25, 0.3) is 5.91 Å². The van der Waals surface area contributed by atoms with Crippen molar-refractivity contribution in [2.75, 3.05) is 24.6 Å². The molecule has 7 heteroatoms. The molecule has 0 spiro atoms. The average molecular weight is 322 g/mol. The molecule has 1 amide bonds. The van der Waals surface area contributed by atoms with Gasteiger partial charge in [-0.05, 0) is 23.8 Å². The molecule has 0 aromatic heterocycles. The second kappa shape index (κ2) is 6.22. The van der Waals surface area contributed by atoms with Crippen LogP contribution in [-0.4, -0.2) is 44.7 Å². The predicted molar refractivity (Wildman–Crippen MR) is 75.9 cm³/mol. The molecule has 1 fully saturated rings. The third-order valence-corrected chi connectivity index (χ3v) is 4.64. The first-order chi connectivity index (χ1) is 8.97. The van der Waals surface area contributed by atoms with Gasteiger partial charge in [0, 0.05) is 45.4 Å². The summed E-state index contributed by atoms with van der Waals surface area (Å²) in [6.45, 7) is 0.799. The fraction of sp³-hybridized carbons (Fsp3) is 0.417. The number of hydrogen-bond donors (Lipinski definition) is 1. The van der Waals surface area contributed by atoms with Crippen LogP contribution in [0.2, 0.25) is 10.0 Å². The summed E-state index contributed by atoms with van der Waals surface area (Å²) in [5.41, 5.74) is 0.370. The molecule has 1 saturated heterocycles. The van der Waals surface area contributed by atoms with Gasteiger partial charge in [0.1, 0.15) is 0 Å². The zero-order valence-electron chi connectivity index (χ0n) is 10.0. The minimum atomic E-state index is -1.29. The number of benzene rings is 1. The molecular weight excluding hydrogens is 309 g/mol. The number of carbonyl (C=O) groups excluding carboxylic acids is 1. The van der Waals surface area contributed by atoms with Crippen molar-refractivity contribution in [3.05, 3.63) is 33.8 Å². The molecule has 1 aliphatic rings. The molecule has 1 aliphatic heterocycles. The molecule has 1 aromatic carbocycles. The average Bonchev–Trinajstić information content (AvgIpc) is 2.37. The molecule has 0 saturated carbocycles. The van der Waals surface area contributed by atoms with E-state index in [9.17, 15) is 14.1 Å². The zero-order chi connectivity index (χ0) is 14.0. The summed E-state index contributed by atoms with van der Waals surface area (Å²) in [5, 5.41) is 10.8. The van der Waals surface area contributed by atoms with E-state index in [4.69, 9.17) is 23.2 Å². The smallest absolute Gasteiger partial charge is 0.256 e. The molecule has 4 nitrogen and oxygen atoms in total. The SMILES string of the molecule is O=C([C@@H](O)c1cc(Cl)cc(Cl)c1)N1CCS(=O)CC1. The second-order valence-corrected chi connectivity index (χ2v) is 6.85. The lowest BCUT2D eigenvalue weighted by Gasteiger charge is -2.28. The van der Waals surface area contributed by atoms with Crippen molar-refractivity contribution in [3.63, 3.8) is 0 Å². The van der Waals surface area contributed by atoms with Crippen molar-refractivity contribution in [3.8, 4) is 0 Å². The molecule has 1 heterocycles. The minimum absolute atomic E-state index is 0.370. The van der Waals surface area contributed by atoms with Crippen LogP contribution in [-0.2, 0) is 15.6 Å². The Labute approximate surface area is 123 Å². The van der Waals surface area contributed by atoms with Crippen LogP contribution in [0, 0.1) is 0 Å². The number of aliphatic hydroxyl groups is 1. The van der Waals surface area contributed by atoms with Gasteiger partial charge >= 0.3 is 0 Å². The molecule has 2 rings (SSSR count). The Kier molecular flexibility index (Phi) is 4.84. The largest absolute Gasteiger partial charge is 0.378 e. The van der Waals surface area contributed by atoms with Crippen molar-refractivity contribution >= 4 is 39.9 Å². The lowest BCUT2D eigenvalue weighted by atomic mass is 10.1. The molecule has 0 unspecified atom stereocenters. The maximum atomic E-state index is 12.1. The number of carbonyl (C=O) groups is 1. The summed E-state index contributed by atoms with van der Waals surface area (Å²) >= 11 is 11.7. The highest BCUT2D eigenvalue weighted by molar-refractivity contribution is 7.85. The molecular formula is C12H13Cl2NO3S. The van der Waals surface area contributed by atoms with E-state index >= 15 is 0 Å². The highest BCUT2D eigenvalue weighted by atomic mass is 35.5. The van der Waals surface area contributed by atoms with Crippen molar-refractivity contribution in [1.82, 2.24) is 4.90 Å². The highest BCUT2D eigenvalue weighted by Crippen LogP contribution is 2.25. The Hall–Kier alpha value is -0.620. The molecule has 1 atom stereocenters. The van der Waals surface area contributed by atoms with Gasteiger partial charge in [0.15, 0.2) is 6.10 Å². The number of aliphatic hydroxyl groups excluding tert-OH is 1. The zero-order valence-corrected chi connectivity index (χ0v) is 12.3. The van der Waals surface area contributed by atoms with E-state index in [-0.39, 0.29) is 0 Å². The highest BCUT2D eigenvalue weighted by Gasteiger charge is 2.27. The van der Waals surface area contributed by atoms with E-state index in [1.165, 1.54) is 23.1 Å². The number of halogens is 2. The standard InChI is InChI=1S/C12H13Cl2NO3S/c13-9-5-8(6-10(14)7-9)11(16)12(17)15-1-3-19(18)4-2-15/h5-7,11,16H,1-4H2/t11-/m0/s1. The van der Waals surface area contributed by atoms with E-state index in [1.807, 2.05) is 0 Å². The van der Waals surface area contributed by atoms with Gasteiger partial charge in [-0.3, -0.25) is 9.00 Å². The molecule has 1 aromatic rings. The van der Waals surface area contributed by atoms with Gasteiger partial charge in [0.2, 0.25) is 0 Å². The van der Waals surface area contributed by atoms with Crippen LogP contribution in [0.15, 0.2) is 18.2 Å². The van der Waals surface area contributed by atoms with Crippen molar-refractivity contribution in [1.29, 1.82) is 0 Å². The molecule has 104 valence electrons. The maximum absolute atomic E-state index is 12.1. The first-order valence-electron chi connectivity index (χ1n) is 5.75. The Balaban J connectivity index is 2.12. The molecule has 1 N–H and O–H groups in total. The normalized spacial score (nSPS) is 18.4. The lowest BCUT2D eigenvalue weighted by Crippen LogP contribution is -2.44. The number of hydrogen-bond acceptors (Lipinski definition) is 3. The van der Waals surface area contributed by atoms with Crippen LogP contribution in [0.25, 0.3) is 0 Å². The van der Waals surface area contributed by atoms with Crippen molar-refractivity contribution in [2.45, 2.75) is 6.10 Å².